The van der Waals surface area contributed by atoms with E-state index in [9.17, 15) is 4.39 Å². The first-order valence-corrected chi connectivity index (χ1v) is 10.0. The molecule has 1 aromatic carbocycles. The molecule has 2 aliphatic heterocycles. The van der Waals surface area contributed by atoms with Crippen molar-refractivity contribution in [2.75, 3.05) is 36.0 Å². The topological polar surface area (TPSA) is 45.2 Å². The highest BCUT2D eigenvalue weighted by Gasteiger charge is 2.34. The lowest BCUT2D eigenvalue weighted by atomic mass is 9.94. The summed E-state index contributed by atoms with van der Waals surface area (Å²) in [6.45, 7) is 6.22. The van der Waals surface area contributed by atoms with Gasteiger partial charge in [0, 0.05) is 49.9 Å². The maximum absolute atomic E-state index is 13.4. The molecule has 0 unspecified atom stereocenters. The molecule has 0 saturated carbocycles. The van der Waals surface area contributed by atoms with E-state index in [4.69, 9.17) is 4.98 Å². The molecule has 3 aromatic rings. The van der Waals surface area contributed by atoms with Gasteiger partial charge < -0.3 is 9.80 Å². The number of hydrogen-bond acceptors (Lipinski definition) is 5. The third-order valence-electron chi connectivity index (χ3n) is 6.02. The molecule has 0 radical (unpaired) electrons. The summed E-state index contributed by atoms with van der Waals surface area (Å²) >= 11 is 0. The Kier molecular flexibility index (Phi) is 4.34. The van der Waals surface area contributed by atoms with Crippen LogP contribution < -0.4 is 9.80 Å². The molecule has 0 atom stereocenters. The molecule has 0 aliphatic carbocycles. The maximum atomic E-state index is 13.4. The third-order valence-corrected chi connectivity index (χ3v) is 6.02. The molecule has 2 fully saturated rings. The van der Waals surface area contributed by atoms with Crippen LogP contribution in [0.3, 0.4) is 0 Å². The number of rotatable bonds is 3. The molecular formula is C22H24FN5. The zero-order valence-corrected chi connectivity index (χ0v) is 16.1. The van der Waals surface area contributed by atoms with Gasteiger partial charge in [-0.2, -0.15) is 0 Å². The minimum absolute atomic E-state index is 0.228. The van der Waals surface area contributed by atoms with Gasteiger partial charge in [-0.3, -0.25) is 4.98 Å². The molecule has 5 rings (SSSR count). The first-order chi connectivity index (χ1) is 13.7. The van der Waals surface area contributed by atoms with Crippen molar-refractivity contribution in [3.63, 3.8) is 0 Å². The smallest absolute Gasteiger partial charge is 0.150 e. The second-order valence-electron chi connectivity index (χ2n) is 8.04. The molecule has 2 saturated heterocycles. The van der Waals surface area contributed by atoms with Gasteiger partial charge in [-0.05, 0) is 49.1 Å². The summed E-state index contributed by atoms with van der Waals surface area (Å²) in [4.78, 5) is 18.7. The van der Waals surface area contributed by atoms with Gasteiger partial charge in [-0.15, -0.1) is 0 Å². The quantitative estimate of drug-likeness (QED) is 0.690. The SMILES string of the molecule is CC1CCN(c2nccnc2C2CN(c3ccc4cc(F)ccc4n3)C2)CC1. The maximum Gasteiger partial charge on any atom is 0.150 e. The van der Waals surface area contributed by atoms with Crippen LogP contribution in [-0.4, -0.2) is 41.1 Å². The van der Waals surface area contributed by atoms with E-state index >= 15 is 0 Å². The second kappa shape index (κ2) is 7.00. The van der Waals surface area contributed by atoms with E-state index in [2.05, 4.69) is 26.7 Å². The lowest BCUT2D eigenvalue weighted by Gasteiger charge is -2.41. The summed E-state index contributed by atoms with van der Waals surface area (Å²) in [6, 6.07) is 8.64. The average Bonchev–Trinajstić information content (AvgIpc) is 2.68. The summed E-state index contributed by atoms with van der Waals surface area (Å²) in [7, 11) is 0. The fraction of sp³-hybridized carbons (Fsp3) is 0.409. The number of nitrogens with zero attached hydrogens (tertiary/aromatic N) is 5. The summed E-state index contributed by atoms with van der Waals surface area (Å²) in [5, 5.41) is 0.830. The number of aromatic nitrogens is 3. The van der Waals surface area contributed by atoms with E-state index in [-0.39, 0.29) is 5.82 Å². The lowest BCUT2D eigenvalue weighted by molar-refractivity contribution is 0.432. The van der Waals surface area contributed by atoms with Gasteiger partial charge in [0.2, 0.25) is 0 Å². The molecule has 4 heterocycles. The number of benzene rings is 1. The zero-order valence-electron chi connectivity index (χ0n) is 16.1. The molecule has 28 heavy (non-hydrogen) atoms. The second-order valence-corrected chi connectivity index (χ2v) is 8.04. The third kappa shape index (κ3) is 3.17. The van der Waals surface area contributed by atoms with Crippen LogP contribution in [0, 0.1) is 11.7 Å². The van der Waals surface area contributed by atoms with Gasteiger partial charge >= 0.3 is 0 Å². The van der Waals surface area contributed by atoms with Crippen molar-refractivity contribution in [1.29, 1.82) is 0 Å². The first-order valence-electron chi connectivity index (χ1n) is 10.0. The Morgan fingerprint density at radius 1 is 0.964 bits per heavy atom. The van der Waals surface area contributed by atoms with E-state index in [0.717, 1.165) is 60.3 Å². The minimum atomic E-state index is -0.228. The van der Waals surface area contributed by atoms with Crippen LogP contribution in [0.2, 0.25) is 0 Å². The Morgan fingerprint density at radius 3 is 2.57 bits per heavy atom. The Hall–Kier alpha value is -2.76. The van der Waals surface area contributed by atoms with Gasteiger partial charge in [0.25, 0.3) is 0 Å². The molecule has 6 heteroatoms. The molecule has 0 bridgehead atoms. The van der Waals surface area contributed by atoms with Crippen molar-refractivity contribution in [2.45, 2.75) is 25.7 Å². The number of fused-ring (bicyclic) bond motifs is 1. The highest BCUT2D eigenvalue weighted by Crippen LogP contribution is 2.35. The van der Waals surface area contributed by atoms with Crippen molar-refractivity contribution in [2.24, 2.45) is 5.92 Å². The van der Waals surface area contributed by atoms with Gasteiger partial charge in [0.05, 0.1) is 11.2 Å². The van der Waals surface area contributed by atoms with Crippen LogP contribution in [0.15, 0.2) is 42.7 Å². The van der Waals surface area contributed by atoms with Crippen molar-refractivity contribution < 1.29 is 4.39 Å². The number of halogens is 1. The standard InChI is InChI=1S/C22H24FN5/c1-15-6-10-27(11-7-15)22-21(24-8-9-25-22)17-13-28(14-17)20-5-2-16-12-18(23)3-4-19(16)26-20/h2-5,8-9,12,15,17H,6-7,10-11,13-14H2,1H3. The zero-order chi connectivity index (χ0) is 19.1. The van der Waals surface area contributed by atoms with Crippen molar-refractivity contribution >= 4 is 22.5 Å². The fourth-order valence-electron chi connectivity index (χ4n) is 4.19. The van der Waals surface area contributed by atoms with Crippen LogP contribution in [0.5, 0.6) is 0 Å². The van der Waals surface area contributed by atoms with Crippen LogP contribution >= 0.6 is 0 Å². The predicted octanol–water partition coefficient (Wildman–Crippen LogP) is 4.00. The summed E-state index contributed by atoms with van der Waals surface area (Å²) in [5.41, 5.74) is 1.93. The molecular weight excluding hydrogens is 353 g/mol. The average molecular weight is 377 g/mol. The fourth-order valence-corrected chi connectivity index (χ4v) is 4.19. The Balaban J connectivity index is 1.33. The molecule has 2 aliphatic rings. The largest absolute Gasteiger partial charge is 0.355 e. The van der Waals surface area contributed by atoms with Crippen LogP contribution in [0.1, 0.15) is 31.4 Å². The normalized spacial score (nSPS) is 18.5. The van der Waals surface area contributed by atoms with E-state index in [1.807, 2.05) is 12.1 Å². The Labute approximate surface area is 164 Å². The van der Waals surface area contributed by atoms with Gasteiger partial charge in [-0.1, -0.05) is 6.92 Å². The highest BCUT2D eigenvalue weighted by atomic mass is 19.1. The van der Waals surface area contributed by atoms with Crippen molar-refractivity contribution in [3.05, 3.63) is 54.2 Å². The Morgan fingerprint density at radius 2 is 1.75 bits per heavy atom. The highest BCUT2D eigenvalue weighted by molar-refractivity contribution is 5.80. The van der Waals surface area contributed by atoms with E-state index in [1.54, 1.807) is 18.5 Å². The molecule has 2 aromatic heterocycles. The van der Waals surface area contributed by atoms with E-state index in [1.165, 1.54) is 25.0 Å². The summed E-state index contributed by atoms with van der Waals surface area (Å²) < 4.78 is 13.4. The van der Waals surface area contributed by atoms with Crippen LogP contribution in [0.4, 0.5) is 16.0 Å². The monoisotopic (exact) mass is 377 g/mol. The summed E-state index contributed by atoms with van der Waals surface area (Å²) in [6.07, 6.45) is 6.04. The van der Waals surface area contributed by atoms with Crippen molar-refractivity contribution in [1.82, 2.24) is 15.0 Å². The predicted molar refractivity (Wildman–Crippen MR) is 109 cm³/mol. The Bertz CT molecular complexity index is 993. The first kappa shape index (κ1) is 17.3. The molecule has 0 spiro atoms. The van der Waals surface area contributed by atoms with Crippen LogP contribution in [0.25, 0.3) is 10.9 Å². The lowest BCUT2D eigenvalue weighted by Crippen LogP contribution is -2.47. The number of anilines is 2. The molecule has 144 valence electrons. The van der Waals surface area contributed by atoms with Crippen LogP contribution in [-0.2, 0) is 0 Å². The van der Waals surface area contributed by atoms with E-state index in [0.29, 0.717) is 5.92 Å². The van der Waals surface area contributed by atoms with Gasteiger partial charge in [0.1, 0.15) is 11.6 Å². The number of piperidine rings is 1. The van der Waals surface area contributed by atoms with Gasteiger partial charge in [0.15, 0.2) is 5.82 Å². The summed E-state index contributed by atoms with van der Waals surface area (Å²) in [5.74, 6) is 2.93. The number of pyridine rings is 1. The molecule has 0 amide bonds. The molecule has 5 nitrogen and oxygen atoms in total. The minimum Gasteiger partial charge on any atom is -0.355 e. The van der Waals surface area contributed by atoms with Crippen molar-refractivity contribution in [3.8, 4) is 0 Å². The van der Waals surface area contributed by atoms with Gasteiger partial charge in [-0.25, -0.2) is 14.4 Å². The number of hydrogen-bond donors (Lipinski definition) is 0. The molecule has 0 N–H and O–H groups in total. The van der Waals surface area contributed by atoms with E-state index < -0.39 is 0 Å².